The average molecular weight is 551 g/mol. The molecule has 1 saturated heterocycles. The average Bonchev–Trinajstić information content (AvgIpc) is 3.19. The summed E-state index contributed by atoms with van der Waals surface area (Å²) in [4.78, 5) is 49.1. The zero-order valence-electron chi connectivity index (χ0n) is 19.8. The van der Waals surface area contributed by atoms with E-state index < -0.39 is 44.3 Å². The Hall–Kier alpha value is -3.75. The second-order valence-electron chi connectivity index (χ2n) is 9.59. The van der Waals surface area contributed by atoms with Crippen LogP contribution in [-0.2, 0) is 35.5 Å². The van der Waals surface area contributed by atoms with Gasteiger partial charge in [0.1, 0.15) is 16.4 Å². The molecule has 1 aliphatic heterocycles. The summed E-state index contributed by atoms with van der Waals surface area (Å²) in [6.07, 6.45) is -0.276. The van der Waals surface area contributed by atoms with Crippen LogP contribution in [-0.4, -0.2) is 34.2 Å². The van der Waals surface area contributed by atoms with E-state index in [2.05, 4.69) is 0 Å². The number of hydrogen-bond acceptors (Lipinski definition) is 6. The molecule has 0 aromatic heterocycles. The van der Waals surface area contributed by atoms with Gasteiger partial charge < -0.3 is 4.74 Å². The van der Waals surface area contributed by atoms with Crippen LogP contribution < -0.4 is 0 Å². The number of imide groups is 1. The van der Waals surface area contributed by atoms with Gasteiger partial charge in [-0.1, -0.05) is 60.7 Å². The summed E-state index contributed by atoms with van der Waals surface area (Å²) in [6.45, 7) is -0.518. The summed E-state index contributed by atoms with van der Waals surface area (Å²) in [7, 11) is 0. The number of rotatable bonds is 6. The molecule has 0 unspecified atom stereocenters. The zero-order valence-corrected chi connectivity index (χ0v) is 21.3. The summed E-state index contributed by atoms with van der Waals surface area (Å²) in [5.74, 6) is -3.57. The van der Waals surface area contributed by atoms with Crippen LogP contribution in [0.25, 0.3) is 0 Å². The number of benzene rings is 3. The summed E-state index contributed by atoms with van der Waals surface area (Å²) in [5.41, 5.74) is 2.87. The molecule has 0 N–H and O–H groups in total. The molecule has 38 heavy (non-hydrogen) atoms. The van der Waals surface area contributed by atoms with E-state index in [0.29, 0.717) is 22.3 Å². The maximum Gasteiger partial charge on any atom is 0.307 e. The molecule has 1 heterocycles. The van der Waals surface area contributed by atoms with E-state index in [9.17, 15) is 24.5 Å². The van der Waals surface area contributed by atoms with Gasteiger partial charge in [0, 0.05) is 12.6 Å². The standard InChI is InChI=1S/C28H20Cl2N2O6/c29-27-17-8-2-3-9-18(17)28(30,20-11-5-4-10-19(20)27)24-23(27)25(34)31(26(24)35)14-13-22(33)38-15-16-7-1-6-12-21(16)32(36)37/h1-12,23-24H,13-15H2/t23-,24-,27?,28?/m0/s1. The Morgan fingerprint density at radius 2 is 1.29 bits per heavy atom. The van der Waals surface area contributed by atoms with Crippen LogP contribution in [0.1, 0.15) is 34.2 Å². The number of esters is 1. The Kier molecular flexibility index (Phi) is 5.59. The minimum absolute atomic E-state index is 0.163. The van der Waals surface area contributed by atoms with Crippen LogP contribution >= 0.6 is 23.2 Å². The molecule has 0 radical (unpaired) electrons. The summed E-state index contributed by atoms with van der Waals surface area (Å²) in [6, 6.07) is 20.6. The van der Waals surface area contributed by atoms with Crippen LogP contribution in [0.3, 0.4) is 0 Å². The van der Waals surface area contributed by atoms with E-state index in [1.807, 2.05) is 48.5 Å². The highest BCUT2D eigenvalue weighted by atomic mass is 35.5. The molecular weight excluding hydrogens is 531 g/mol. The third kappa shape index (κ3) is 3.20. The first kappa shape index (κ1) is 24.6. The van der Waals surface area contributed by atoms with E-state index in [0.717, 1.165) is 4.90 Å². The van der Waals surface area contributed by atoms with E-state index in [1.54, 1.807) is 6.07 Å². The first-order valence-electron chi connectivity index (χ1n) is 12.0. The van der Waals surface area contributed by atoms with Crippen molar-refractivity contribution >= 4 is 46.7 Å². The SMILES string of the molecule is O=C(CCN1C(=O)[C@@H]2[C@@H](C1=O)C1(Cl)c3ccccc3C2(Cl)c2ccccc21)OCc1ccccc1[N+](=O)[O-]. The van der Waals surface area contributed by atoms with Gasteiger partial charge >= 0.3 is 5.97 Å². The number of likely N-dealkylation sites (tertiary alicyclic amines) is 1. The molecule has 10 heteroatoms. The smallest absolute Gasteiger partial charge is 0.307 e. The van der Waals surface area contributed by atoms with Gasteiger partial charge in [0.05, 0.1) is 28.7 Å². The summed E-state index contributed by atoms with van der Waals surface area (Å²) in [5, 5.41) is 11.2. The van der Waals surface area contributed by atoms with Crippen molar-refractivity contribution in [2.45, 2.75) is 22.8 Å². The third-order valence-electron chi connectivity index (χ3n) is 7.79. The fourth-order valence-electron chi connectivity index (χ4n) is 6.19. The van der Waals surface area contributed by atoms with Gasteiger partial charge in [0.15, 0.2) is 0 Å². The molecule has 2 bridgehead atoms. The Labute approximate surface area is 227 Å². The molecule has 2 amide bonds. The van der Waals surface area contributed by atoms with E-state index in [1.165, 1.54) is 18.2 Å². The first-order chi connectivity index (χ1) is 18.2. The minimum atomic E-state index is -1.29. The van der Waals surface area contributed by atoms with Crippen molar-refractivity contribution < 1.29 is 24.0 Å². The molecule has 3 aromatic carbocycles. The number of alkyl halides is 2. The number of para-hydroxylation sites is 1. The van der Waals surface area contributed by atoms with Gasteiger partial charge in [-0.2, -0.15) is 0 Å². The maximum absolute atomic E-state index is 13.8. The zero-order chi connectivity index (χ0) is 26.8. The Balaban J connectivity index is 1.26. The lowest BCUT2D eigenvalue weighted by atomic mass is 9.54. The molecule has 1 fully saturated rings. The Morgan fingerprint density at radius 1 is 0.842 bits per heavy atom. The van der Waals surface area contributed by atoms with Crippen LogP contribution in [0.2, 0.25) is 0 Å². The highest BCUT2D eigenvalue weighted by Gasteiger charge is 2.72. The van der Waals surface area contributed by atoms with Crippen molar-refractivity contribution in [2.24, 2.45) is 11.8 Å². The molecule has 3 aliphatic carbocycles. The normalized spacial score (nSPS) is 26.5. The van der Waals surface area contributed by atoms with Gasteiger partial charge in [0.2, 0.25) is 11.8 Å². The Morgan fingerprint density at radius 3 is 1.76 bits per heavy atom. The monoisotopic (exact) mass is 550 g/mol. The largest absolute Gasteiger partial charge is 0.460 e. The Bertz CT molecular complexity index is 1420. The van der Waals surface area contributed by atoms with Crippen LogP contribution in [0.15, 0.2) is 72.8 Å². The molecule has 0 spiro atoms. The molecule has 192 valence electrons. The number of nitro benzene ring substituents is 1. The van der Waals surface area contributed by atoms with Crippen LogP contribution in [0.5, 0.6) is 0 Å². The molecule has 3 aromatic rings. The van der Waals surface area contributed by atoms with Crippen LogP contribution in [0, 0.1) is 22.0 Å². The minimum Gasteiger partial charge on any atom is -0.460 e. The molecule has 8 nitrogen and oxygen atoms in total. The van der Waals surface area contributed by atoms with Crippen LogP contribution in [0.4, 0.5) is 5.69 Å². The van der Waals surface area contributed by atoms with Gasteiger partial charge in [-0.25, -0.2) is 0 Å². The van der Waals surface area contributed by atoms with E-state index >= 15 is 0 Å². The number of amides is 2. The number of nitro groups is 1. The summed E-state index contributed by atoms with van der Waals surface area (Å²) >= 11 is 14.7. The number of halogens is 2. The van der Waals surface area contributed by atoms with E-state index in [-0.39, 0.29) is 30.8 Å². The first-order valence-corrected chi connectivity index (χ1v) is 12.8. The molecule has 2 atom stereocenters. The topological polar surface area (TPSA) is 107 Å². The lowest BCUT2D eigenvalue weighted by molar-refractivity contribution is -0.385. The lowest BCUT2D eigenvalue weighted by Crippen LogP contribution is -2.57. The fraction of sp³-hybridized carbons (Fsp3) is 0.250. The highest BCUT2D eigenvalue weighted by molar-refractivity contribution is 6.36. The molecule has 4 aliphatic rings. The predicted molar refractivity (Wildman–Crippen MR) is 137 cm³/mol. The molecule has 7 rings (SSSR count). The van der Waals surface area contributed by atoms with Crippen molar-refractivity contribution in [3.63, 3.8) is 0 Å². The van der Waals surface area contributed by atoms with Gasteiger partial charge in [-0.15, -0.1) is 23.2 Å². The second-order valence-corrected chi connectivity index (χ2v) is 10.8. The van der Waals surface area contributed by atoms with Crippen molar-refractivity contribution in [1.29, 1.82) is 0 Å². The lowest BCUT2D eigenvalue weighted by Gasteiger charge is -2.54. The van der Waals surface area contributed by atoms with E-state index in [4.69, 9.17) is 27.9 Å². The van der Waals surface area contributed by atoms with Crippen molar-refractivity contribution in [3.8, 4) is 0 Å². The highest BCUT2D eigenvalue weighted by Crippen LogP contribution is 2.69. The van der Waals surface area contributed by atoms with Gasteiger partial charge in [-0.3, -0.25) is 29.4 Å². The molecular formula is C28H20Cl2N2O6. The predicted octanol–water partition coefficient (Wildman–Crippen LogP) is 4.62. The fourth-order valence-corrected chi connectivity index (χ4v) is 7.29. The second kappa shape index (κ2) is 8.64. The summed E-state index contributed by atoms with van der Waals surface area (Å²) < 4.78 is 5.22. The number of carbonyl (C=O) groups excluding carboxylic acids is 3. The number of nitrogens with zero attached hydrogens (tertiary/aromatic N) is 2. The van der Waals surface area contributed by atoms with Gasteiger partial charge in [-0.05, 0) is 28.3 Å². The van der Waals surface area contributed by atoms with Gasteiger partial charge in [0.25, 0.3) is 5.69 Å². The number of ether oxygens (including phenoxy) is 1. The quantitative estimate of drug-likeness (QED) is 0.146. The molecule has 0 saturated carbocycles. The number of carbonyl (C=O) groups is 3. The van der Waals surface area contributed by atoms with Crippen molar-refractivity contribution in [3.05, 3.63) is 111 Å². The third-order valence-corrected chi connectivity index (χ3v) is 9.08. The van der Waals surface area contributed by atoms with Crippen molar-refractivity contribution in [1.82, 2.24) is 4.90 Å². The number of hydrogen-bond donors (Lipinski definition) is 0. The van der Waals surface area contributed by atoms with Crippen molar-refractivity contribution in [2.75, 3.05) is 6.54 Å². The maximum atomic E-state index is 13.8.